The van der Waals surface area contributed by atoms with E-state index in [1.165, 1.54) is 17.5 Å². The summed E-state index contributed by atoms with van der Waals surface area (Å²) in [7, 11) is -3.70. The summed E-state index contributed by atoms with van der Waals surface area (Å²) in [5.41, 5.74) is 0.179. The maximum Gasteiger partial charge on any atom is 0.347 e. The highest BCUT2D eigenvalue weighted by Gasteiger charge is 2.45. The lowest BCUT2D eigenvalue weighted by Gasteiger charge is -2.29. The number of pyridine rings is 1. The van der Waals surface area contributed by atoms with Crippen molar-refractivity contribution in [2.75, 3.05) is 13.2 Å². The van der Waals surface area contributed by atoms with Gasteiger partial charge in [0.25, 0.3) is 0 Å². The SMILES string of the molecule is O=C(N/C=C/c1ccccn1)C(c1csc2ccc(Cl)cc12)P1(=O)OCCCO1. The Kier molecular flexibility index (Phi) is 6.13. The highest BCUT2D eigenvalue weighted by atomic mass is 35.5. The minimum Gasteiger partial charge on any atom is -0.331 e. The van der Waals surface area contributed by atoms with Crippen molar-refractivity contribution in [1.82, 2.24) is 10.3 Å². The van der Waals surface area contributed by atoms with E-state index in [9.17, 15) is 9.36 Å². The van der Waals surface area contributed by atoms with E-state index in [0.29, 0.717) is 22.7 Å². The normalized spacial score (nSPS) is 17.4. The zero-order chi connectivity index (χ0) is 20.3. The molecule has 1 fully saturated rings. The molecule has 1 atom stereocenters. The number of carbonyl (C=O) groups excluding carboxylic acids is 1. The molecule has 1 saturated heterocycles. The monoisotopic (exact) mass is 448 g/mol. The lowest BCUT2D eigenvalue weighted by Crippen LogP contribution is -2.28. The molecule has 0 aliphatic carbocycles. The second kappa shape index (κ2) is 8.78. The van der Waals surface area contributed by atoms with Gasteiger partial charge in [-0.25, -0.2) is 0 Å². The molecule has 1 N–H and O–H groups in total. The summed E-state index contributed by atoms with van der Waals surface area (Å²) in [6.07, 6.45) is 5.44. The summed E-state index contributed by atoms with van der Waals surface area (Å²) in [5, 5.41) is 5.82. The number of halogens is 1. The van der Waals surface area contributed by atoms with Gasteiger partial charge in [0.1, 0.15) is 0 Å². The van der Waals surface area contributed by atoms with E-state index in [0.717, 1.165) is 10.1 Å². The molecule has 4 rings (SSSR count). The molecule has 0 radical (unpaired) electrons. The summed E-state index contributed by atoms with van der Waals surface area (Å²) >= 11 is 7.61. The third kappa shape index (κ3) is 4.44. The average molecular weight is 449 g/mol. The number of nitrogens with zero attached hydrogens (tertiary/aromatic N) is 1. The van der Waals surface area contributed by atoms with Crippen LogP contribution in [0.2, 0.25) is 5.02 Å². The van der Waals surface area contributed by atoms with Crippen molar-refractivity contribution >= 4 is 52.6 Å². The van der Waals surface area contributed by atoms with Gasteiger partial charge in [-0.1, -0.05) is 17.7 Å². The zero-order valence-corrected chi connectivity index (χ0v) is 17.8. The molecule has 0 bridgehead atoms. The number of nitrogens with one attached hydrogen (secondary N) is 1. The molecule has 0 saturated carbocycles. The lowest BCUT2D eigenvalue weighted by molar-refractivity contribution is -0.120. The first-order chi connectivity index (χ1) is 14.1. The Hall–Kier alpha value is -2.02. The molecule has 3 aromatic rings. The number of carbonyl (C=O) groups is 1. The van der Waals surface area contributed by atoms with Gasteiger partial charge in [-0.2, -0.15) is 0 Å². The van der Waals surface area contributed by atoms with E-state index in [2.05, 4.69) is 10.3 Å². The van der Waals surface area contributed by atoms with Crippen LogP contribution in [0.4, 0.5) is 0 Å². The van der Waals surface area contributed by atoms with E-state index >= 15 is 0 Å². The van der Waals surface area contributed by atoms with Gasteiger partial charge in [-0.3, -0.25) is 14.3 Å². The summed E-state index contributed by atoms with van der Waals surface area (Å²) in [4.78, 5) is 17.3. The Morgan fingerprint density at radius 3 is 2.86 bits per heavy atom. The van der Waals surface area contributed by atoms with Crippen LogP contribution in [0.5, 0.6) is 0 Å². The van der Waals surface area contributed by atoms with Gasteiger partial charge >= 0.3 is 7.60 Å². The molecule has 3 heterocycles. The number of fused-ring (bicyclic) bond motifs is 1. The number of amides is 1. The summed E-state index contributed by atoms with van der Waals surface area (Å²) in [5.74, 6) is -0.470. The maximum absolute atomic E-state index is 13.5. The minimum absolute atomic E-state index is 0.285. The predicted molar refractivity (Wildman–Crippen MR) is 115 cm³/mol. The fourth-order valence-corrected chi connectivity index (χ4v) is 6.38. The van der Waals surface area contributed by atoms with Crippen molar-refractivity contribution in [3.63, 3.8) is 0 Å². The number of aromatic nitrogens is 1. The molecule has 0 spiro atoms. The second-order valence-electron chi connectivity index (χ2n) is 6.39. The molecule has 1 aromatic carbocycles. The fourth-order valence-electron chi connectivity index (χ4n) is 3.08. The number of rotatable bonds is 5. The Bertz CT molecular complexity index is 1090. The van der Waals surface area contributed by atoms with Crippen LogP contribution in [-0.4, -0.2) is 24.1 Å². The summed E-state index contributed by atoms with van der Waals surface area (Å²) < 4.78 is 25.5. The molecule has 1 unspecified atom stereocenters. The van der Waals surface area contributed by atoms with Gasteiger partial charge in [0, 0.05) is 22.1 Å². The van der Waals surface area contributed by atoms with Crippen LogP contribution in [0.25, 0.3) is 16.2 Å². The van der Waals surface area contributed by atoms with Crippen molar-refractivity contribution in [3.8, 4) is 0 Å². The Balaban J connectivity index is 1.68. The van der Waals surface area contributed by atoms with Gasteiger partial charge < -0.3 is 14.4 Å². The van der Waals surface area contributed by atoms with Crippen molar-refractivity contribution in [1.29, 1.82) is 0 Å². The van der Waals surface area contributed by atoms with Crippen LogP contribution in [-0.2, 0) is 18.4 Å². The highest BCUT2D eigenvalue weighted by Crippen LogP contribution is 2.63. The van der Waals surface area contributed by atoms with Crippen molar-refractivity contribution in [2.45, 2.75) is 12.1 Å². The summed E-state index contributed by atoms with van der Waals surface area (Å²) in [6.45, 7) is 0.571. The number of benzene rings is 1. The quantitative estimate of drug-likeness (QED) is 0.528. The molecule has 6 nitrogen and oxygen atoms in total. The third-order valence-corrected chi connectivity index (χ3v) is 7.87. The van der Waals surface area contributed by atoms with Crippen LogP contribution in [0.15, 0.2) is 54.2 Å². The molecule has 1 aliphatic rings. The van der Waals surface area contributed by atoms with Crippen molar-refractivity contribution in [2.24, 2.45) is 0 Å². The molecule has 1 amide bonds. The maximum atomic E-state index is 13.5. The fraction of sp³-hybridized carbons (Fsp3) is 0.200. The first kappa shape index (κ1) is 20.3. The number of thiophene rings is 1. The van der Waals surface area contributed by atoms with E-state index in [1.807, 2.05) is 29.6 Å². The van der Waals surface area contributed by atoms with Crippen LogP contribution in [0, 0.1) is 0 Å². The first-order valence-corrected chi connectivity index (χ1v) is 11.9. The predicted octanol–water partition coefficient (Wildman–Crippen LogP) is 5.41. The molecular weight excluding hydrogens is 431 g/mol. The Labute approximate surface area is 177 Å². The van der Waals surface area contributed by atoms with Crippen LogP contribution in [0.3, 0.4) is 0 Å². The number of hydrogen-bond donors (Lipinski definition) is 1. The third-order valence-electron chi connectivity index (χ3n) is 4.42. The lowest BCUT2D eigenvalue weighted by atomic mass is 10.1. The zero-order valence-electron chi connectivity index (χ0n) is 15.3. The highest BCUT2D eigenvalue weighted by molar-refractivity contribution is 7.55. The number of hydrogen-bond acceptors (Lipinski definition) is 6. The summed E-state index contributed by atoms with van der Waals surface area (Å²) in [6, 6.07) is 10.9. The van der Waals surface area contributed by atoms with Crippen molar-refractivity contribution < 1.29 is 18.4 Å². The molecule has 29 heavy (non-hydrogen) atoms. The molecule has 2 aromatic heterocycles. The van der Waals surface area contributed by atoms with Crippen molar-refractivity contribution in [3.05, 3.63) is 70.5 Å². The van der Waals surface area contributed by atoms with Crippen LogP contribution in [0.1, 0.15) is 23.3 Å². The van der Waals surface area contributed by atoms with Gasteiger partial charge in [-0.05, 0) is 59.2 Å². The first-order valence-electron chi connectivity index (χ1n) is 9.00. The van der Waals surface area contributed by atoms with Crippen LogP contribution < -0.4 is 5.32 Å². The van der Waals surface area contributed by atoms with Crippen LogP contribution >= 0.6 is 30.5 Å². The Morgan fingerprint density at radius 2 is 2.10 bits per heavy atom. The Morgan fingerprint density at radius 1 is 1.28 bits per heavy atom. The second-order valence-corrected chi connectivity index (χ2v) is 9.85. The van der Waals surface area contributed by atoms with E-state index in [1.54, 1.807) is 24.4 Å². The topological polar surface area (TPSA) is 77.5 Å². The molecule has 150 valence electrons. The average Bonchev–Trinajstić information content (AvgIpc) is 3.12. The van der Waals surface area contributed by atoms with Gasteiger partial charge in [-0.15, -0.1) is 11.3 Å². The van der Waals surface area contributed by atoms with Gasteiger partial charge in [0.2, 0.25) is 5.91 Å². The van der Waals surface area contributed by atoms with E-state index in [4.69, 9.17) is 20.6 Å². The van der Waals surface area contributed by atoms with Gasteiger partial charge in [0.15, 0.2) is 5.66 Å². The standard InChI is InChI=1S/C20H18ClN2O4PS/c21-14-5-6-18-16(12-14)17(13-29-18)19(28(25)26-10-3-11-27-28)20(24)23-9-7-15-4-1-2-8-22-15/h1-2,4-9,12-13,19H,3,10-11H2,(H,23,24)/b9-7+. The molecule has 9 heteroatoms. The molecular formula is C20H18ClN2O4PS. The van der Waals surface area contributed by atoms with E-state index < -0.39 is 19.2 Å². The van der Waals surface area contributed by atoms with Gasteiger partial charge in [0.05, 0.1) is 18.9 Å². The largest absolute Gasteiger partial charge is 0.347 e. The molecule has 1 aliphatic heterocycles. The minimum atomic E-state index is -3.70. The van der Waals surface area contributed by atoms with E-state index in [-0.39, 0.29) is 13.2 Å². The smallest absolute Gasteiger partial charge is 0.331 e.